The Morgan fingerprint density at radius 1 is 1.17 bits per heavy atom. The molecule has 90 valence electrons. The highest BCUT2D eigenvalue weighted by Gasteiger charge is 2.11. The number of nitrogens with zero attached hydrogens (tertiary/aromatic N) is 2. The molecule has 3 rings (SSSR count). The van der Waals surface area contributed by atoms with Crippen LogP contribution in [0.25, 0.3) is 16.9 Å². The van der Waals surface area contributed by atoms with Crippen molar-refractivity contribution in [2.75, 3.05) is 7.11 Å². The highest BCUT2D eigenvalue weighted by molar-refractivity contribution is 5.68. The van der Waals surface area contributed by atoms with E-state index in [2.05, 4.69) is 4.98 Å². The third-order valence-electron chi connectivity index (χ3n) is 2.86. The van der Waals surface area contributed by atoms with Gasteiger partial charge in [0.2, 0.25) is 0 Å². The number of pyridine rings is 1. The average Bonchev–Trinajstić information content (AvgIpc) is 2.81. The molecule has 1 N–H and O–H groups in total. The van der Waals surface area contributed by atoms with Crippen LogP contribution in [0.1, 0.15) is 0 Å². The summed E-state index contributed by atoms with van der Waals surface area (Å²) in [5.41, 5.74) is 1.82. The summed E-state index contributed by atoms with van der Waals surface area (Å²) < 4.78 is 7.17. The van der Waals surface area contributed by atoms with E-state index >= 15 is 0 Å². The van der Waals surface area contributed by atoms with Gasteiger partial charge in [-0.3, -0.25) is 4.40 Å². The molecule has 0 unspecified atom stereocenters. The van der Waals surface area contributed by atoms with E-state index < -0.39 is 0 Å². The van der Waals surface area contributed by atoms with Gasteiger partial charge in [0, 0.05) is 0 Å². The molecule has 2 heterocycles. The molecule has 0 bridgehead atoms. The van der Waals surface area contributed by atoms with E-state index in [1.165, 1.54) is 0 Å². The van der Waals surface area contributed by atoms with Crippen molar-refractivity contribution < 1.29 is 9.84 Å². The number of hydrogen-bond acceptors (Lipinski definition) is 3. The van der Waals surface area contributed by atoms with Crippen LogP contribution in [0.15, 0.2) is 48.8 Å². The van der Waals surface area contributed by atoms with Gasteiger partial charge in [-0.15, -0.1) is 0 Å². The van der Waals surface area contributed by atoms with Crippen molar-refractivity contribution in [3.8, 4) is 22.9 Å². The van der Waals surface area contributed by atoms with Gasteiger partial charge in [0.05, 0.1) is 30.6 Å². The average molecular weight is 240 g/mol. The second-order valence-corrected chi connectivity index (χ2v) is 3.96. The number of fused-ring (bicyclic) bond motifs is 1. The van der Waals surface area contributed by atoms with Gasteiger partial charge >= 0.3 is 0 Å². The van der Waals surface area contributed by atoms with Crippen LogP contribution >= 0.6 is 0 Å². The van der Waals surface area contributed by atoms with E-state index in [1.807, 2.05) is 34.7 Å². The van der Waals surface area contributed by atoms with Crippen LogP contribution in [0.4, 0.5) is 0 Å². The first-order valence-corrected chi connectivity index (χ1v) is 5.59. The van der Waals surface area contributed by atoms with Gasteiger partial charge in [-0.05, 0) is 24.3 Å². The summed E-state index contributed by atoms with van der Waals surface area (Å²) in [6.07, 6.45) is 3.41. The van der Waals surface area contributed by atoms with E-state index in [1.54, 1.807) is 25.6 Å². The van der Waals surface area contributed by atoms with Crippen molar-refractivity contribution in [3.05, 3.63) is 48.8 Å². The molecule has 0 spiro atoms. The van der Waals surface area contributed by atoms with E-state index in [9.17, 15) is 5.11 Å². The number of hydrogen-bond donors (Lipinski definition) is 1. The largest absolute Gasteiger partial charge is 0.506 e. The zero-order chi connectivity index (χ0) is 12.5. The number of para-hydroxylation sites is 1. The van der Waals surface area contributed by atoms with E-state index in [-0.39, 0.29) is 5.75 Å². The van der Waals surface area contributed by atoms with Gasteiger partial charge in [0.15, 0.2) is 0 Å². The molecule has 0 saturated heterocycles. The Labute approximate surface area is 104 Å². The zero-order valence-corrected chi connectivity index (χ0v) is 9.87. The number of imidazole rings is 1. The van der Waals surface area contributed by atoms with Crippen molar-refractivity contribution in [2.45, 2.75) is 0 Å². The molecule has 4 heteroatoms. The Hall–Kier alpha value is -2.49. The van der Waals surface area contributed by atoms with Crippen molar-refractivity contribution in [2.24, 2.45) is 0 Å². The monoisotopic (exact) mass is 240 g/mol. The molecule has 0 atom stereocenters. The molecule has 2 aromatic heterocycles. The number of benzene rings is 1. The molecule has 4 nitrogen and oxygen atoms in total. The lowest BCUT2D eigenvalue weighted by Crippen LogP contribution is -1.92. The van der Waals surface area contributed by atoms with Crippen molar-refractivity contribution in [1.82, 2.24) is 9.38 Å². The SMILES string of the molecule is COc1ccccc1-c1ncc2ccc(O)cn12. The van der Waals surface area contributed by atoms with Crippen LogP contribution in [0.5, 0.6) is 11.5 Å². The zero-order valence-electron chi connectivity index (χ0n) is 9.87. The Morgan fingerprint density at radius 2 is 2.00 bits per heavy atom. The molecule has 1 aromatic carbocycles. The van der Waals surface area contributed by atoms with Crippen LogP contribution in [0.3, 0.4) is 0 Å². The lowest BCUT2D eigenvalue weighted by molar-refractivity contribution is 0.416. The number of ether oxygens (including phenoxy) is 1. The van der Waals surface area contributed by atoms with E-state index in [0.29, 0.717) is 0 Å². The Kier molecular flexibility index (Phi) is 2.41. The summed E-state index contributed by atoms with van der Waals surface area (Å²) in [5.74, 6) is 1.71. The fraction of sp³-hybridized carbons (Fsp3) is 0.0714. The quantitative estimate of drug-likeness (QED) is 0.749. The molecular weight excluding hydrogens is 228 g/mol. The molecule has 0 aliphatic rings. The standard InChI is InChI=1S/C14H12N2O2/c1-18-13-5-3-2-4-12(13)14-15-8-10-6-7-11(17)9-16(10)14/h2-9,17H,1H3. The normalized spacial score (nSPS) is 10.7. The molecule has 0 saturated carbocycles. The first-order chi connectivity index (χ1) is 8.79. The molecule has 0 amide bonds. The highest BCUT2D eigenvalue weighted by Crippen LogP contribution is 2.29. The predicted molar refractivity (Wildman–Crippen MR) is 68.8 cm³/mol. The van der Waals surface area contributed by atoms with Crippen LogP contribution in [0.2, 0.25) is 0 Å². The second kappa shape index (κ2) is 4.07. The maximum absolute atomic E-state index is 9.57. The molecule has 3 aromatic rings. The van der Waals surface area contributed by atoms with Gasteiger partial charge in [-0.25, -0.2) is 4.98 Å². The second-order valence-electron chi connectivity index (χ2n) is 3.96. The Balaban J connectivity index is 2.28. The molecule has 18 heavy (non-hydrogen) atoms. The summed E-state index contributed by atoms with van der Waals surface area (Å²) in [5, 5.41) is 9.57. The minimum Gasteiger partial charge on any atom is -0.506 e. The predicted octanol–water partition coefficient (Wildman–Crippen LogP) is 2.72. The van der Waals surface area contributed by atoms with Gasteiger partial charge in [0.1, 0.15) is 17.3 Å². The van der Waals surface area contributed by atoms with Crippen molar-refractivity contribution in [1.29, 1.82) is 0 Å². The number of methoxy groups -OCH3 is 1. The van der Waals surface area contributed by atoms with Crippen LogP contribution in [0, 0.1) is 0 Å². The number of rotatable bonds is 2. The summed E-state index contributed by atoms with van der Waals surface area (Å²) in [4.78, 5) is 4.39. The van der Waals surface area contributed by atoms with Crippen LogP contribution in [-0.2, 0) is 0 Å². The Bertz CT molecular complexity index is 704. The lowest BCUT2D eigenvalue weighted by atomic mass is 10.2. The third kappa shape index (κ3) is 1.59. The molecule has 0 aliphatic heterocycles. The lowest BCUT2D eigenvalue weighted by Gasteiger charge is -2.07. The minimum atomic E-state index is 0.205. The number of aromatic nitrogens is 2. The van der Waals surface area contributed by atoms with Crippen molar-refractivity contribution >= 4 is 5.52 Å². The first-order valence-electron chi connectivity index (χ1n) is 5.59. The van der Waals surface area contributed by atoms with Gasteiger partial charge in [-0.1, -0.05) is 12.1 Å². The summed E-state index contributed by atoms with van der Waals surface area (Å²) in [7, 11) is 1.63. The van der Waals surface area contributed by atoms with E-state index in [4.69, 9.17) is 4.74 Å². The summed E-state index contributed by atoms with van der Waals surface area (Å²) >= 11 is 0. The smallest absolute Gasteiger partial charge is 0.148 e. The minimum absolute atomic E-state index is 0.205. The molecule has 0 aliphatic carbocycles. The topological polar surface area (TPSA) is 46.8 Å². The van der Waals surface area contributed by atoms with Crippen LogP contribution in [-0.4, -0.2) is 21.6 Å². The third-order valence-corrected chi connectivity index (χ3v) is 2.86. The fourth-order valence-electron chi connectivity index (χ4n) is 2.01. The fourth-order valence-corrected chi connectivity index (χ4v) is 2.01. The van der Waals surface area contributed by atoms with E-state index in [0.717, 1.165) is 22.7 Å². The van der Waals surface area contributed by atoms with Gasteiger partial charge < -0.3 is 9.84 Å². The summed E-state index contributed by atoms with van der Waals surface area (Å²) in [6, 6.07) is 11.1. The van der Waals surface area contributed by atoms with Gasteiger partial charge in [0.25, 0.3) is 0 Å². The summed E-state index contributed by atoms with van der Waals surface area (Å²) in [6.45, 7) is 0. The maximum atomic E-state index is 9.57. The first kappa shape index (κ1) is 10.7. The maximum Gasteiger partial charge on any atom is 0.148 e. The highest BCUT2D eigenvalue weighted by atomic mass is 16.5. The van der Waals surface area contributed by atoms with Gasteiger partial charge in [-0.2, -0.15) is 0 Å². The molecular formula is C14H12N2O2. The number of aromatic hydroxyl groups is 1. The molecule has 0 fully saturated rings. The molecule has 0 radical (unpaired) electrons. The van der Waals surface area contributed by atoms with Crippen LogP contribution < -0.4 is 4.74 Å². The van der Waals surface area contributed by atoms with Crippen molar-refractivity contribution in [3.63, 3.8) is 0 Å². The Morgan fingerprint density at radius 3 is 2.83 bits per heavy atom.